The predicted octanol–water partition coefficient (Wildman–Crippen LogP) is 0.00550. The first-order valence-electron chi connectivity index (χ1n) is 5.34. The fraction of sp³-hybridized carbons (Fsp3) is 0.500. The van der Waals surface area contributed by atoms with Gasteiger partial charge < -0.3 is 21.1 Å². The summed E-state index contributed by atoms with van der Waals surface area (Å²) in [4.78, 5) is 19.1. The fourth-order valence-corrected chi connectivity index (χ4v) is 1.21. The van der Waals surface area contributed by atoms with Gasteiger partial charge in [0.2, 0.25) is 11.7 Å². The van der Waals surface area contributed by atoms with E-state index < -0.39 is 0 Å². The molecule has 17 heavy (non-hydrogen) atoms. The Labute approximate surface area is 99.8 Å². The zero-order valence-electron chi connectivity index (χ0n) is 9.99. The standard InChI is InChI=1S/C10H17N5O2/c1-3-4-12-7(16)5-13-10-8(17-2)9(11)14-6-15-10/h6H,3-5H2,1-2H3,(H,12,16)(H3,11,13,14,15). The molecule has 0 atom stereocenters. The van der Waals surface area contributed by atoms with Gasteiger partial charge in [-0.3, -0.25) is 4.79 Å². The summed E-state index contributed by atoms with van der Waals surface area (Å²) >= 11 is 0. The molecule has 0 saturated heterocycles. The van der Waals surface area contributed by atoms with Crippen LogP contribution in [0.2, 0.25) is 0 Å². The third-order valence-electron chi connectivity index (χ3n) is 2.02. The van der Waals surface area contributed by atoms with Gasteiger partial charge in [0.1, 0.15) is 6.33 Å². The average molecular weight is 239 g/mol. The molecule has 0 aromatic carbocycles. The lowest BCUT2D eigenvalue weighted by Crippen LogP contribution is -2.30. The normalized spacial score (nSPS) is 9.76. The van der Waals surface area contributed by atoms with Gasteiger partial charge in [0, 0.05) is 6.54 Å². The molecule has 0 radical (unpaired) electrons. The van der Waals surface area contributed by atoms with Gasteiger partial charge >= 0.3 is 0 Å². The van der Waals surface area contributed by atoms with Crippen molar-refractivity contribution in [2.45, 2.75) is 13.3 Å². The van der Waals surface area contributed by atoms with E-state index in [9.17, 15) is 4.79 Å². The second-order valence-corrected chi connectivity index (χ2v) is 3.34. The Morgan fingerprint density at radius 2 is 2.29 bits per heavy atom. The SMILES string of the molecule is CCCNC(=O)CNc1ncnc(N)c1OC. The van der Waals surface area contributed by atoms with Crippen LogP contribution in [0.4, 0.5) is 11.6 Å². The molecule has 0 saturated carbocycles. The van der Waals surface area contributed by atoms with Gasteiger partial charge in [-0.05, 0) is 6.42 Å². The first-order chi connectivity index (χ1) is 8.19. The Kier molecular flexibility index (Phi) is 4.99. The lowest BCUT2D eigenvalue weighted by Gasteiger charge is -2.10. The number of amides is 1. The van der Waals surface area contributed by atoms with E-state index in [4.69, 9.17) is 10.5 Å². The van der Waals surface area contributed by atoms with Gasteiger partial charge in [-0.1, -0.05) is 6.92 Å². The Hall–Kier alpha value is -2.05. The van der Waals surface area contributed by atoms with Crippen molar-refractivity contribution in [3.8, 4) is 5.75 Å². The fourth-order valence-electron chi connectivity index (χ4n) is 1.21. The summed E-state index contributed by atoms with van der Waals surface area (Å²) in [5, 5.41) is 5.58. The average Bonchev–Trinajstić information content (AvgIpc) is 2.33. The van der Waals surface area contributed by atoms with Gasteiger partial charge in [0.25, 0.3) is 0 Å². The second kappa shape index (κ2) is 6.51. The number of carbonyl (C=O) groups is 1. The van der Waals surface area contributed by atoms with Crippen molar-refractivity contribution in [2.75, 3.05) is 31.2 Å². The summed E-state index contributed by atoms with van der Waals surface area (Å²) in [5.41, 5.74) is 5.60. The van der Waals surface area contributed by atoms with Crippen LogP contribution in [0.3, 0.4) is 0 Å². The third kappa shape index (κ3) is 3.78. The Bertz CT molecular complexity index is 383. The number of methoxy groups -OCH3 is 1. The Morgan fingerprint density at radius 3 is 2.94 bits per heavy atom. The molecule has 0 bridgehead atoms. The van der Waals surface area contributed by atoms with Gasteiger partial charge in [-0.25, -0.2) is 9.97 Å². The Balaban J connectivity index is 2.57. The number of carbonyl (C=O) groups excluding carboxylic acids is 1. The van der Waals surface area contributed by atoms with Crippen molar-refractivity contribution in [1.29, 1.82) is 0 Å². The van der Waals surface area contributed by atoms with Crippen molar-refractivity contribution >= 4 is 17.5 Å². The minimum absolute atomic E-state index is 0.105. The molecule has 94 valence electrons. The molecule has 7 heteroatoms. The highest BCUT2D eigenvalue weighted by molar-refractivity contribution is 5.81. The van der Waals surface area contributed by atoms with Crippen molar-refractivity contribution in [2.24, 2.45) is 0 Å². The van der Waals surface area contributed by atoms with Crippen LogP contribution in [0.25, 0.3) is 0 Å². The van der Waals surface area contributed by atoms with Crippen LogP contribution in [-0.2, 0) is 4.79 Å². The van der Waals surface area contributed by atoms with Crippen LogP contribution >= 0.6 is 0 Å². The predicted molar refractivity (Wildman–Crippen MR) is 64.8 cm³/mol. The highest BCUT2D eigenvalue weighted by atomic mass is 16.5. The molecular weight excluding hydrogens is 222 g/mol. The minimum Gasteiger partial charge on any atom is -0.490 e. The molecule has 1 aromatic heterocycles. The minimum atomic E-state index is -0.105. The molecule has 0 aliphatic rings. The quantitative estimate of drug-likeness (QED) is 0.646. The maximum atomic E-state index is 11.4. The zero-order chi connectivity index (χ0) is 12.7. The van der Waals surface area contributed by atoms with E-state index in [2.05, 4.69) is 20.6 Å². The summed E-state index contributed by atoms with van der Waals surface area (Å²) in [6.45, 7) is 2.76. The second-order valence-electron chi connectivity index (χ2n) is 3.34. The maximum absolute atomic E-state index is 11.4. The number of aromatic nitrogens is 2. The van der Waals surface area contributed by atoms with Gasteiger partial charge in [-0.2, -0.15) is 0 Å². The van der Waals surface area contributed by atoms with Crippen LogP contribution in [0.5, 0.6) is 5.75 Å². The van der Waals surface area contributed by atoms with E-state index >= 15 is 0 Å². The lowest BCUT2D eigenvalue weighted by atomic mass is 10.4. The zero-order valence-corrected chi connectivity index (χ0v) is 9.99. The molecule has 4 N–H and O–H groups in total. The van der Waals surface area contributed by atoms with Crippen LogP contribution in [0.15, 0.2) is 6.33 Å². The molecule has 0 spiro atoms. The molecule has 0 aliphatic carbocycles. The number of anilines is 2. The number of rotatable bonds is 6. The number of nitrogens with two attached hydrogens (primary N) is 1. The third-order valence-corrected chi connectivity index (χ3v) is 2.02. The van der Waals surface area contributed by atoms with E-state index in [0.717, 1.165) is 6.42 Å². The van der Waals surface area contributed by atoms with Crippen molar-refractivity contribution < 1.29 is 9.53 Å². The van der Waals surface area contributed by atoms with E-state index in [-0.39, 0.29) is 18.3 Å². The summed E-state index contributed by atoms with van der Waals surface area (Å²) in [7, 11) is 1.47. The summed E-state index contributed by atoms with van der Waals surface area (Å²) in [5.74, 6) is 0.882. The topological polar surface area (TPSA) is 102 Å². The van der Waals surface area contributed by atoms with E-state index in [0.29, 0.717) is 18.1 Å². The summed E-state index contributed by atoms with van der Waals surface area (Å²) in [6, 6.07) is 0. The summed E-state index contributed by atoms with van der Waals surface area (Å²) in [6.07, 6.45) is 2.21. The maximum Gasteiger partial charge on any atom is 0.239 e. The first kappa shape index (κ1) is 13.0. The molecule has 7 nitrogen and oxygen atoms in total. The number of hydrogen-bond donors (Lipinski definition) is 3. The van der Waals surface area contributed by atoms with Crippen molar-refractivity contribution in [1.82, 2.24) is 15.3 Å². The smallest absolute Gasteiger partial charge is 0.239 e. The lowest BCUT2D eigenvalue weighted by molar-refractivity contribution is -0.119. The van der Waals surface area contributed by atoms with Crippen molar-refractivity contribution in [3.63, 3.8) is 0 Å². The Morgan fingerprint density at radius 1 is 1.53 bits per heavy atom. The number of nitrogens with zero attached hydrogens (tertiary/aromatic N) is 2. The molecule has 0 unspecified atom stereocenters. The van der Waals surface area contributed by atoms with Crippen LogP contribution < -0.4 is 21.1 Å². The van der Waals surface area contributed by atoms with Gasteiger partial charge in [-0.15, -0.1) is 0 Å². The molecule has 0 fully saturated rings. The van der Waals surface area contributed by atoms with Crippen molar-refractivity contribution in [3.05, 3.63) is 6.33 Å². The molecule has 1 rings (SSSR count). The van der Waals surface area contributed by atoms with Crippen LogP contribution in [-0.4, -0.2) is 36.1 Å². The molecule has 1 heterocycles. The number of nitrogens with one attached hydrogen (secondary N) is 2. The van der Waals surface area contributed by atoms with E-state index in [1.165, 1.54) is 13.4 Å². The molecular formula is C10H17N5O2. The van der Waals surface area contributed by atoms with E-state index in [1.54, 1.807) is 0 Å². The number of hydrogen-bond acceptors (Lipinski definition) is 6. The molecule has 1 aromatic rings. The number of nitrogen functional groups attached to an aromatic ring is 1. The largest absolute Gasteiger partial charge is 0.490 e. The summed E-state index contributed by atoms with van der Waals surface area (Å²) < 4.78 is 5.05. The monoisotopic (exact) mass is 239 g/mol. The number of ether oxygens (including phenoxy) is 1. The van der Waals surface area contributed by atoms with Crippen LogP contribution in [0, 0.1) is 0 Å². The van der Waals surface area contributed by atoms with Gasteiger partial charge in [0.15, 0.2) is 11.6 Å². The highest BCUT2D eigenvalue weighted by Gasteiger charge is 2.10. The molecule has 0 aliphatic heterocycles. The first-order valence-corrected chi connectivity index (χ1v) is 5.34. The van der Waals surface area contributed by atoms with E-state index in [1.807, 2.05) is 6.92 Å². The molecule has 1 amide bonds. The van der Waals surface area contributed by atoms with Crippen LogP contribution in [0.1, 0.15) is 13.3 Å². The highest BCUT2D eigenvalue weighted by Crippen LogP contribution is 2.25. The van der Waals surface area contributed by atoms with Gasteiger partial charge in [0.05, 0.1) is 13.7 Å².